The molecule has 0 aromatic carbocycles. The summed E-state index contributed by atoms with van der Waals surface area (Å²) in [6.45, 7) is 4.53. The Kier molecular flexibility index (Phi) is 66.7. The van der Waals surface area contributed by atoms with Crippen LogP contribution < -0.4 is 0 Å². The molecule has 0 radical (unpaired) electrons. The average molecular weight is 192 g/mol. The van der Waals surface area contributed by atoms with Gasteiger partial charge < -0.3 is 0 Å². The minimum atomic E-state index is 0. The molecule has 0 aliphatic heterocycles. The molecule has 0 aliphatic carbocycles. The summed E-state index contributed by atoms with van der Waals surface area (Å²) in [5, 5.41) is 0. The van der Waals surface area contributed by atoms with Crippen LogP contribution in [0.25, 0.3) is 0 Å². The lowest BCUT2D eigenvalue weighted by atomic mass is 10.1. The molecule has 0 unspecified atom stereocenters. The van der Waals surface area contributed by atoms with Gasteiger partial charge in [-0.1, -0.05) is 88.5 Å². The molecule has 0 aromatic heterocycles. The predicted octanol–water partition coefficient (Wildman–Crippen LogP) is 6.30. The van der Waals surface area contributed by atoms with Crippen LogP contribution in [0.3, 0.4) is 0 Å². The number of hydrogen-bond donors (Lipinski definition) is 0. The van der Waals surface area contributed by atoms with Gasteiger partial charge in [-0.15, -0.1) is 0 Å². The van der Waals surface area contributed by atoms with E-state index in [2.05, 4.69) is 13.8 Å². The molecule has 0 heterocycles. The molecular weight excluding hydrogens is 156 g/mol. The van der Waals surface area contributed by atoms with Crippen molar-refractivity contribution >= 4 is 0 Å². The van der Waals surface area contributed by atoms with Gasteiger partial charge in [0.1, 0.15) is 0 Å². The van der Waals surface area contributed by atoms with Gasteiger partial charge >= 0.3 is 0 Å². The molecule has 0 bridgehead atoms. The second kappa shape index (κ2) is 29.6. The molecular formula is C13H36. The van der Waals surface area contributed by atoms with E-state index in [1.807, 2.05) is 0 Å². The number of unbranched alkanes of at least 4 members (excludes halogenated alkanes) is 6. The van der Waals surface area contributed by atoms with Crippen LogP contribution >= 0.6 is 0 Å². The lowest BCUT2D eigenvalue weighted by Gasteiger charge is -1.96. The smallest absolute Gasteiger partial charge is 0.0533 e. The Bertz CT molecular complexity index is 33.3. The van der Waals surface area contributed by atoms with E-state index in [9.17, 15) is 0 Å². The standard InChI is InChI=1S/C9H20.4CH4/c1-3-5-7-9-8-6-4-2;;;;/h3-9H2,1-2H3;4*1H4. The normalized spacial score (nSPS) is 6.92. The minimum absolute atomic E-state index is 0. The second-order valence-corrected chi connectivity index (χ2v) is 2.77. The van der Waals surface area contributed by atoms with E-state index in [0.29, 0.717) is 0 Å². The molecule has 0 spiro atoms. The molecule has 0 fully saturated rings. The van der Waals surface area contributed by atoms with E-state index in [1.54, 1.807) is 0 Å². The largest absolute Gasteiger partial charge is 0.0776 e. The van der Waals surface area contributed by atoms with Crippen LogP contribution in [0.4, 0.5) is 0 Å². The van der Waals surface area contributed by atoms with Gasteiger partial charge in [-0.25, -0.2) is 0 Å². The molecule has 13 heavy (non-hydrogen) atoms. The number of rotatable bonds is 6. The molecule has 0 saturated heterocycles. The molecule has 0 rings (SSSR count). The summed E-state index contributed by atoms with van der Waals surface area (Å²) in [4.78, 5) is 0. The van der Waals surface area contributed by atoms with Gasteiger partial charge in [0, 0.05) is 0 Å². The van der Waals surface area contributed by atoms with Crippen molar-refractivity contribution < 1.29 is 0 Å². The zero-order chi connectivity index (χ0) is 6.95. The van der Waals surface area contributed by atoms with Crippen LogP contribution in [-0.4, -0.2) is 0 Å². The highest BCUT2D eigenvalue weighted by Gasteiger charge is 1.85. The molecule has 0 amide bonds. The van der Waals surface area contributed by atoms with Crippen molar-refractivity contribution in [3.8, 4) is 0 Å². The second-order valence-electron chi connectivity index (χ2n) is 2.77. The van der Waals surface area contributed by atoms with Crippen LogP contribution in [0.15, 0.2) is 0 Å². The zero-order valence-corrected chi connectivity index (χ0v) is 6.95. The van der Waals surface area contributed by atoms with Crippen molar-refractivity contribution in [2.75, 3.05) is 0 Å². The molecule has 0 saturated carbocycles. The Morgan fingerprint density at radius 2 is 0.692 bits per heavy atom. The Morgan fingerprint density at radius 1 is 0.462 bits per heavy atom. The molecule has 0 N–H and O–H groups in total. The van der Waals surface area contributed by atoms with E-state index in [1.165, 1.54) is 44.9 Å². The maximum Gasteiger partial charge on any atom is -0.0533 e. The first-order valence-corrected chi connectivity index (χ1v) is 4.41. The van der Waals surface area contributed by atoms with Crippen LogP contribution in [0.1, 0.15) is 88.5 Å². The van der Waals surface area contributed by atoms with E-state index < -0.39 is 0 Å². The zero-order valence-electron chi connectivity index (χ0n) is 6.95. The van der Waals surface area contributed by atoms with Crippen LogP contribution in [0.2, 0.25) is 0 Å². The summed E-state index contributed by atoms with van der Waals surface area (Å²) in [6.07, 6.45) is 9.97. The molecule has 0 heteroatoms. The van der Waals surface area contributed by atoms with Gasteiger partial charge in [0.2, 0.25) is 0 Å². The van der Waals surface area contributed by atoms with E-state index in [-0.39, 0.29) is 29.7 Å². The predicted molar refractivity (Wildman–Crippen MR) is 70.6 cm³/mol. The van der Waals surface area contributed by atoms with E-state index in [4.69, 9.17) is 0 Å². The molecule has 0 aliphatic rings. The van der Waals surface area contributed by atoms with Crippen molar-refractivity contribution in [1.29, 1.82) is 0 Å². The average Bonchev–Trinajstić information content (AvgIpc) is 1.89. The van der Waals surface area contributed by atoms with Gasteiger partial charge in [0.15, 0.2) is 0 Å². The van der Waals surface area contributed by atoms with E-state index in [0.717, 1.165) is 0 Å². The van der Waals surface area contributed by atoms with Crippen molar-refractivity contribution in [3.05, 3.63) is 0 Å². The first-order valence-electron chi connectivity index (χ1n) is 4.41. The highest BCUT2D eigenvalue weighted by Crippen LogP contribution is 2.05. The highest BCUT2D eigenvalue weighted by molar-refractivity contribution is 4.41. The fourth-order valence-electron chi connectivity index (χ4n) is 1.03. The van der Waals surface area contributed by atoms with Gasteiger partial charge in [-0.3, -0.25) is 0 Å². The van der Waals surface area contributed by atoms with Gasteiger partial charge in [0.05, 0.1) is 0 Å². The van der Waals surface area contributed by atoms with Crippen molar-refractivity contribution in [2.45, 2.75) is 88.5 Å². The summed E-state index contributed by atoms with van der Waals surface area (Å²) >= 11 is 0. The SMILES string of the molecule is C.C.C.C.CCCCCCCCC. The molecule has 0 nitrogen and oxygen atoms in total. The first kappa shape index (κ1) is 29.2. The maximum absolute atomic E-state index is 2.26. The van der Waals surface area contributed by atoms with Crippen molar-refractivity contribution in [2.24, 2.45) is 0 Å². The third kappa shape index (κ3) is 33.3. The lowest BCUT2D eigenvalue weighted by Crippen LogP contribution is -1.76. The quantitative estimate of drug-likeness (QED) is 0.433. The van der Waals surface area contributed by atoms with Gasteiger partial charge in [-0.05, 0) is 0 Å². The summed E-state index contributed by atoms with van der Waals surface area (Å²) in [5.74, 6) is 0. The van der Waals surface area contributed by atoms with Gasteiger partial charge in [-0.2, -0.15) is 0 Å². The Morgan fingerprint density at radius 3 is 0.923 bits per heavy atom. The van der Waals surface area contributed by atoms with E-state index >= 15 is 0 Å². The fourth-order valence-corrected chi connectivity index (χ4v) is 1.03. The Hall–Kier alpha value is 0. The first-order chi connectivity index (χ1) is 4.41. The van der Waals surface area contributed by atoms with Gasteiger partial charge in [0.25, 0.3) is 0 Å². The van der Waals surface area contributed by atoms with Crippen LogP contribution in [0.5, 0.6) is 0 Å². The number of hydrogen-bond acceptors (Lipinski definition) is 0. The topological polar surface area (TPSA) is 0 Å². The maximum atomic E-state index is 2.26. The third-order valence-corrected chi connectivity index (χ3v) is 1.71. The summed E-state index contributed by atoms with van der Waals surface area (Å²) in [6, 6.07) is 0. The Labute approximate surface area is 89.1 Å². The summed E-state index contributed by atoms with van der Waals surface area (Å²) in [7, 11) is 0. The Balaban J connectivity index is -0.0000000533. The monoisotopic (exact) mass is 192 g/mol. The highest BCUT2D eigenvalue weighted by atomic mass is 13.9. The minimum Gasteiger partial charge on any atom is -0.0776 e. The molecule has 0 aromatic rings. The summed E-state index contributed by atoms with van der Waals surface area (Å²) in [5.41, 5.74) is 0. The third-order valence-electron chi connectivity index (χ3n) is 1.71. The van der Waals surface area contributed by atoms with Crippen molar-refractivity contribution in [3.63, 3.8) is 0 Å². The molecule has 0 atom stereocenters. The molecule has 88 valence electrons. The lowest BCUT2D eigenvalue weighted by molar-refractivity contribution is 0.602. The summed E-state index contributed by atoms with van der Waals surface area (Å²) < 4.78 is 0. The van der Waals surface area contributed by atoms with Crippen molar-refractivity contribution in [1.82, 2.24) is 0 Å². The van der Waals surface area contributed by atoms with Crippen LogP contribution in [0, 0.1) is 0 Å². The van der Waals surface area contributed by atoms with Crippen LogP contribution in [-0.2, 0) is 0 Å². The fraction of sp³-hybridized carbons (Fsp3) is 1.00.